The molecule has 28 heavy (non-hydrogen) atoms. The normalized spacial score (nSPS) is 12.4. The highest BCUT2D eigenvalue weighted by molar-refractivity contribution is 5.80. The van der Waals surface area contributed by atoms with Crippen LogP contribution in [0.25, 0.3) is 0 Å². The van der Waals surface area contributed by atoms with Crippen LogP contribution in [0.3, 0.4) is 0 Å². The molecule has 0 saturated carbocycles. The summed E-state index contributed by atoms with van der Waals surface area (Å²) in [5.74, 6) is 1.12. The lowest BCUT2D eigenvalue weighted by Gasteiger charge is -2.18. The Morgan fingerprint density at radius 1 is 1.25 bits per heavy atom. The highest BCUT2D eigenvalue weighted by atomic mass is 19.1. The largest absolute Gasteiger partial charge is 0.494 e. The fraction of sp³-hybridized carbons (Fsp3) is 0.429. The molecule has 0 fully saturated rings. The van der Waals surface area contributed by atoms with Crippen LogP contribution in [-0.2, 0) is 6.54 Å². The molecule has 6 nitrogen and oxygen atoms in total. The summed E-state index contributed by atoms with van der Waals surface area (Å²) in [5.41, 5.74) is 1.78. The zero-order valence-electron chi connectivity index (χ0n) is 17.0. The maximum absolute atomic E-state index is 14.0. The highest BCUT2D eigenvalue weighted by Gasteiger charge is 2.11. The second-order valence-corrected chi connectivity index (χ2v) is 6.31. The molecule has 1 atom stereocenters. The summed E-state index contributed by atoms with van der Waals surface area (Å²) in [6, 6.07) is 8.61. The lowest BCUT2D eigenvalue weighted by Crippen LogP contribution is -2.38. The van der Waals surface area contributed by atoms with Crippen LogP contribution in [0.2, 0.25) is 0 Å². The second-order valence-electron chi connectivity index (χ2n) is 6.31. The van der Waals surface area contributed by atoms with Gasteiger partial charge in [-0.15, -0.1) is 0 Å². The van der Waals surface area contributed by atoms with Crippen LogP contribution in [-0.4, -0.2) is 31.2 Å². The molecule has 2 N–H and O–H groups in total. The molecular weight excluding hydrogens is 359 g/mol. The Labute approximate surface area is 166 Å². The van der Waals surface area contributed by atoms with E-state index < -0.39 is 0 Å². The predicted molar refractivity (Wildman–Crippen MR) is 109 cm³/mol. The van der Waals surface area contributed by atoms with Crippen molar-refractivity contribution in [2.45, 2.75) is 39.8 Å². The number of methoxy groups -OCH3 is 1. The van der Waals surface area contributed by atoms with Gasteiger partial charge >= 0.3 is 0 Å². The molecule has 0 aliphatic carbocycles. The van der Waals surface area contributed by atoms with Gasteiger partial charge in [-0.3, -0.25) is 0 Å². The molecule has 0 bridgehead atoms. The molecule has 152 valence electrons. The highest BCUT2D eigenvalue weighted by Crippen LogP contribution is 2.21. The first-order valence-corrected chi connectivity index (χ1v) is 9.53. The molecule has 1 aromatic heterocycles. The Bertz CT molecular complexity index is 766. The first-order chi connectivity index (χ1) is 13.6. The molecule has 0 spiro atoms. The fourth-order valence-electron chi connectivity index (χ4n) is 2.53. The number of hydrogen-bond acceptors (Lipinski definition) is 4. The summed E-state index contributed by atoms with van der Waals surface area (Å²) in [7, 11) is 1.45. The predicted octanol–water partition coefficient (Wildman–Crippen LogP) is 3.83. The van der Waals surface area contributed by atoms with Crippen LogP contribution in [0, 0.1) is 5.82 Å². The molecule has 2 rings (SSSR count). The lowest BCUT2D eigenvalue weighted by atomic mass is 10.1. The van der Waals surface area contributed by atoms with E-state index in [0.717, 1.165) is 24.1 Å². The van der Waals surface area contributed by atoms with E-state index in [9.17, 15) is 4.39 Å². The van der Waals surface area contributed by atoms with Gasteiger partial charge in [0.25, 0.3) is 0 Å². The molecule has 0 aliphatic heterocycles. The van der Waals surface area contributed by atoms with E-state index in [2.05, 4.69) is 27.5 Å². The molecule has 2 aromatic rings. The van der Waals surface area contributed by atoms with Gasteiger partial charge in [0.15, 0.2) is 17.5 Å². The number of nitrogens with one attached hydrogen (secondary N) is 2. The molecule has 1 heterocycles. The zero-order chi connectivity index (χ0) is 20.4. The second kappa shape index (κ2) is 11.1. The number of aliphatic imine (C=N–C) groups is 1. The fourth-order valence-corrected chi connectivity index (χ4v) is 2.53. The van der Waals surface area contributed by atoms with E-state index in [0.29, 0.717) is 25.0 Å². The minimum absolute atomic E-state index is 0.124. The Kier molecular flexibility index (Phi) is 8.52. The van der Waals surface area contributed by atoms with Crippen molar-refractivity contribution >= 4 is 5.96 Å². The van der Waals surface area contributed by atoms with Crippen molar-refractivity contribution in [3.8, 4) is 11.6 Å². The maximum Gasteiger partial charge on any atom is 0.213 e. The summed E-state index contributed by atoms with van der Waals surface area (Å²) in [5, 5.41) is 6.50. The maximum atomic E-state index is 14.0. The van der Waals surface area contributed by atoms with Gasteiger partial charge in [-0.05, 0) is 43.5 Å². The number of hydrogen-bond donors (Lipinski definition) is 2. The Morgan fingerprint density at radius 2 is 2.07 bits per heavy atom. The lowest BCUT2D eigenvalue weighted by molar-refractivity contribution is 0.305. The topological polar surface area (TPSA) is 67.8 Å². The average molecular weight is 388 g/mol. The van der Waals surface area contributed by atoms with Gasteiger partial charge in [-0.1, -0.05) is 19.1 Å². The summed E-state index contributed by atoms with van der Waals surface area (Å²) >= 11 is 0. The van der Waals surface area contributed by atoms with Gasteiger partial charge in [-0.2, -0.15) is 0 Å². The third-order valence-electron chi connectivity index (χ3n) is 4.04. The summed E-state index contributed by atoms with van der Waals surface area (Å²) < 4.78 is 24.4. The van der Waals surface area contributed by atoms with Crippen LogP contribution in [0.15, 0.2) is 41.5 Å². The van der Waals surface area contributed by atoms with Crippen molar-refractivity contribution in [1.82, 2.24) is 15.6 Å². The van der Waals surface area contributed by atoms with E-state index in [-0.39, 0.29) is 17.6 Å². The number of benzene rings is 1. The van der Waals surface area contributed by atoms with Gasteiger partial charge < -0.3 is 20.1 Å². The van der Waals surface area contributed by atoms with Crippen LogP contribution in [0.5, 0.6) is 11.6 Å². The van der Waals surface area contributed by atoms with Gasteiger partial charge in [0.1, 0.15) is 0 Å². The number of pyridine rings is 1. The third kappa shape index (κ3) is 6.40. The molecule has 0 aliphatic rings. The van der Waals surface area contributed by atoms with Crippen molar-refractivity contribution in [3.63, 3.8) is 0 Å². The summed E-state index contributed by atoms with van der Waals surface area (Å²) in [6.45, 7) is 7.85. The molecule has 1 unspecified atom stereocenters. The van der Waals surface area contributed by atoms with Crippen LogP contribution >= 0.6 is 0 Å². The monoisotopic (exact) mass is 388 g/mol. The minimum Gasteiger partial charge on any atom is -0.494 e. The number of ether oxygens (including phenoxy) is 2. The Balaban J connectivity index is 2.02. The van der Waals surface area contributed by atoms with Crippen LogP contribution in [0.1, 0.15) is 44.4 Å². The number of nitrogens with zero attached hydrogens (tertiary/aromatic N) is 2. The number of halogens is 1. The molecule has 0 amide bonds. The van der Waals surface area contributed by atoms with E-state index in [4.69, 9.17) is 9.47 Å². The third-order valence-corrected chi connectivity index (χ3v) is 4.04. The van der Waals surface area contributed by atoms with Gasteiger partial charge in [0.2, 0.25) is 5.88 Å². The number of guanidine groups is 1. The zero-order valence-corrected chi connectivity index (χ0v) is 17.0. The Morgan fingerprint density at radius 3 is 2.68 bits per heavy atom. The number of rotatable bonds is 9. The average Bonchev–Trinajstić information content (AvgIpc) is 2.71. The molecule has 0 saturated heterocycles. The van der Waals surface area contributed by atoms with Crippen LogP contribution < -0.4 is 20.1 Å². The number of aromatic nitrogens is 1. The Hall–Kier alpha value is -2.83. The van der Waals surface area contributed by atoms with Crippen molar-refractivity contribution in [2.75, 3.05) is 20.3 Å². The quantitative estimate of drug-likeness (QED) is 0.505. The van der Waals surface area contributed by atoms with Crippen molar-refractivity contribution < 1.29 is 13.9 Å². The molecule has 7 heteroatoms. The van der Waals surface area contributed by atoms with E-state index in [1.165, 1.54) is 13.2 Å². The molecule has 0 radical (unpaired) electrons. The van der Waals surface area contributed by atoms with Gasteiger partial charge in [0, 0.05) is 18.8 Å². The summed E-state index contributed by atoms with van der Waals surface area (Å²) in [6.07, 6.45) is 2.71. The van der Waals surface area contributed by atoms with Crippen molar-refractivity contribution in [3.05, 3.63) is 53.5 Å². The smallest absolute Gasteiger partial charge is 0.213 e. The summed E-state index contributed by atoms with van der Waals surface area (Å²) in [4.78, 5) is 8.88. The first kappa shape index (κ1) is 21.5. The van der Waals surface area contributed by atoms with Crippen LogP contribution in [0.4, 0.5) is 4.39 Å². The van der Waals surface area contributed by atoms with E-state index in [1.54, 1.807) is 12.3 Å². The SMILES string of the molecule is CCCOc1ccc(CN=C(NCC)NC(C)c2ccc(OC)c(F)c2)cn1. The standard InChI is InChI=1S/C21H29FN4O2/c1-5-11-28-20-10-7-16(13-24-20)14-25-21(23-6-2)26-15(3)17-8-9-19(27-4)18(22)12-17/h7-10,12-13,15H,5-6,11,14H2,1-4H3,(H2,23,25,26). The molecule has 1 aromatic carbocycles. The van der Waals surface area contributed by atoms with Crippen molar-refractivity contribution in [1.29, 1.82) is 0 Å². The van der Waals surface area contributed by atoms with E-state index >= 15 is 0 Å². The molecular formula is C21H29FN4O2. The van der Waals surface area contributed by atoms with Gasteiger partial charge in [-0.25, -0.2) is 14.4 Å². The van der Waals surface area contributed by atoms with Crippen molar-refractivity contribution in [2.24, 2.45) is 4.99 Å². The minimum atomic E-state index is -0.382. The van der Waals surface area contributed by atoms with E-state index in [1.807, 2.05) is 32.0 Å². The first-order valence-electron chi connectivity index (χ1n) is 9.53. The van der Waals surface area contributed by atoms with Gasteiger partial charge in [0.05, 0.1) is 26.3 Å².